The van der Waals surface area contributed by atoms with E-state index in [-0.39, 0.29) is 6.54 Å². The summed E-state index contributed by atoms with van der Waals surface area (Å²) in [5, 5.41) is 9.99. The quantitative estimate of drug-likeness (QED) is 0.481. The zero-order valence-electron chi connectivity index (χ0n) is 8.28. The van der Waals surface area contributed by atoms with Crippen LogP contribution in [0.4, 0.5) is 0 Å². The van der Waals surface area contributed by atoms with Gasteiger partial charge in [-0.3, -0.25) is 4.79 Å². The number of likely N-dealkylation sites (N-methyl/N-ethyl adjacent to an activating group) is 1. The van der Waals surface area contributed by atoms with Crippen molar-refractivity contribution in [2.45, 2.75) is 19.1 Å². The molecule has 0 aromatic rings. The van der Waals surface area contributed by atoms with E-state index in [2.05, 4.69) is 10.0 Å². The number of nitrogens with one attached hydrogen (secondary N) is 2. The van der Waals surface area contributed by atoms with Crippen molar-refractivity contribution in [3.8, 4) is 0 Å². The van der Waals surface area contributed by atoms with Gasteiger partial charge in [-0.2, -0.15) is 0 Å². The zero-order valence-corrected chi connectivity index (χ0v) is 9.10. The van der Waals surface area contributed by atoms with Gasteiger partial charge in [0.1, 0.15) is 0 Å². The Balaban J connectivity index is 4.02. The molecular weight excluding hydrogens is 208 g/mol. The van der Waals surface area contributed by atoms with Gasteiger partial charge in [0, 0.05) is 13.1 Å². The van der Waals surface area contributed by atoms with E-state index in [4.69, 9.17) is 5.11 Å². The van der Waals surface area contributed by atoms with Crippen molar-refractivity contribution < 1.29 is 18.3 Å². The fraction of sp³-hybridized carbons (Fsp3) is 0.857. The van der Waals surface area contributed by atoms with Crippen LogP contribution in [0.3, 0.4) is 0 Å². The Morgan fingerprint density at radius 2 is 2.00 bits per heavy atom. The minimum Gasteiger partial charge on any atom is -0.480 e. The molecule has 1 unspecified atom stereocenters. The van der Waals surface area contributed by atoms with E-state index < -0.39 is 21.2 Å². The molecular formula is C7H16N2O4S. The summed E-state index contributed by atoms with van der Waals surface area (Å²) in [6.07, 6.45) is 0. The van der Waals surface area contributed by atoms with Crippen LogP contribution in [-0.2, 0) is 14.8 Å². The monoisotopic (exact) mass is 224 g/mol. The highest BCUT2D eigenvalue weighted by atomic mass is 32.2. The van der Waals surface area contributed by atoms with Gasteiger partial charge >= 0.3 is 5.97 Å². The molecule has 1 atom stereocenters. The lowest BCUT2D eigenvalue weighted by atomic mass is 10.5. The maximum atomic E-state index is 11.2. The lowest BCUT2D eigenvalue weighted by Gasteiger charge is -2.09. The molecule has 0 aromatic carbocycles. The van der Waals surface area contributed by atoms with E-state index in [0.717, 1.165) is 13.5 Å². The molecule has 0 radical (unpaired) electrons. The summed E-state index contributed by atoms with van der Waals surface area (Å²) in [7, 11) is -3.73. The highest BCUT2D eigenvalue weighted by Crippen LogP contribution is 1.96. The summed E-state index contributed by atoms with van der Waals surface area (Å²) in [5.74, 6) is -1.35. The molecule has 0 bridgehead atoms. The zero-order chi connectivity index (χ0) is 11.2. The lowest BCUT2D eigenvalue weighted by molar-refractivity contribution is -0.136. The number of carbonyl (C=O) groups is 1. The molecule has 84 valence electrons. The van der Waals surface area contributed by atoms with Gasteiger partial charge in [-0.15, -0.1) is 0 Å². The average molecular weight is 224 g/mol. The van der Waals surface area contributed by atoms with Crippen LogP contribution >= 0.6 is 0 Å². The highest BCUT2D eigenvalue weighted by molar-refractivity contribution is 7.90. The topological polar surface area (TPSA) is 95.5 Å². The molecule has 14 heavy (non-hydrogen) atoms. The molecule has 0 saturated heterocycles. The van der Waals surface area contributed by atoms with Crippen molar-refractivity contribution in [3.05, 3.63) is 0 Å². The first-order valence-electron chi connectivity index (χ1n) is 4.33. The third-order valence-electron chi connectivity index (χ3n) is 1.67. The van der Waals surface area contributed by atoms with E-state index in [1.807, 2.05) is 6.92 Å². The summed E-state index contributed by atoms with van der Waals surface area (Å²) >= 11 is 0. The fourth-order valence-electron chi connectivity index (χ4n) is 0.716. The highest BCUT2D eigenvalue weighted by Gasteiger charge is 2.26. The van der Waals surface area contributed by atoms with Crippen molar-refractivity contribution in [2.75, 3.05) is 19.6 Å². The van der Waals surface area contributed by atoms with Gasteiger partial charge in [0.15, 0.2) is 5.25 Å². The van der Waals surface area contributed by atoms with E-state index in [1.54, 1.807) is 0 Å². The largest absolute Gasteiger partial charge is 0.480 e. The van der Waals surface area contributed by atoms with Crippen LogP contribution in [0.2, 0.25) is 0 Å². The van der Waals surface area contributed by atoms with E-state index in [0.29, 0.717) is 6.54 Å². The van der Waals surface area contributed by atoms with Gasteiger partial charge in [0.05, 0.1) is 0 Å². The average Bonchev–Trinajstić information content (AvgIpc) is 2.11. The molecule has 0 aliphatic heterocycles. The maximum Gasteiger partial charge on any atom is 0.323 e. The maximum absolute atomic E-state index is 11.2. The predicted molar refractivity (Wildman–Crippen MR) is 52.6 cm³/mol. The molecule has 0 amide bonds. The third-order valence-corrected chi connectivity index (χ3v) is 3.41. The first kappa shape index (κ1) is 13.3. The van der Waals surface area contributed by atoms with E-state index >= 15 is 0 Å². The van der Waals surface area contributed by atoms with Crippen LogP contribution in [0.1, 0.15) is 13.8 Å². The Morgan fingerprint density at radius 1 is 1.43 bits per heavy atom. The number of carboxylic acids is 1. The molecule has 0 saturated carbocycles. The Kier molecular flexibility index (Phi) is 5.66. The molecule has 0 heterocycles. The van der Waals surface area contributed by atoms with Gasteiger partial charge in [-0.25, -0.2) is 13.1 Å². The molecule has 0 rings (SSSR count). The van der Waals surface area contributed by atoms with Crippen LogP contribution < -0.4 is 10.0 Å². The summed E-state index contributed by atoms with van der Waals surface area (Å²) < 4.78 is 24.6. The second-order valence-corrected chi connectivity index (χ2v) is 4.86. The number of sulfonamides is 1. The molecule has 6 nitrogen and oxygen atoms in total. The fourth-order valence-corrected chi connectivity index (χ4v) is 1.62. The summed E-state index contributed by atoms with van der Waals surface area (Å²) in [4.78, 5) is 10.4. The first-order valence-corrected chi connectivity index (χ1v) is 5.88. The van der Waals surface area contributed by atoms with E-state index in [9.17, 15) is 13.2 Å². The Hall–Kier alpha value is -0.660. The van der Waals surface area contributed by atoms with Crippen LogP contribution in [-0.4, -0.2) is 44.4 Å². The second kappa shape index (κ2) is 5.94. The minimum absolute atomic E-state index is 0.202. The number of rotatable bonds is 7. The molecule has 0 aliphatic carbocycles. The molecule has 7 heteroatoms. The summed E-state index contributed by atoms with van der Waals surface area (Å²) in [5.41, 5.74) is 0. The minimum atomic E-state index is -3.73. The molecule has 0 aliphatic rings. The molecule has 3 N–H and O–H groups in total. The van der Waals surface area contributed by atoms with Crippen LogP contribution in [0.25, 0.3) is 0 Å². The van der Waals surface area contributed by atoms with Crippen molar-refractivity contribution in [1.82, 2.24) is 10.0 Å². The van der Waals surface area contributed by atoms with Crippen molar-refractivity contribution in [3.63, 3.8) is 0 Å². The lowest BCUT2D eigenvalue weighted by Crippen LogP contribution is -2.40. The normalized spacial score (nSPS) is 13.9. The van der Waals surface area contributed by atoms with Gasteiger partial charge in [0.25, 0.3) is 0 Å². The Labute approximate surface area is 83.7 Å². The number of hydrogen-bond acceptors (Lipinski definition) is 4. The predicted octanol–water partition coefficient (Wildman–Crippen LogP) is -1.01. The smallest absolute Gasteiger partial charge is 0.323 e. The van der Waals surface area contributed by atoms with Gasteiger partial charge < -0.3 is 10.4 Å². The van der Waals surface area contributed by atoms with Crippen molar-refractivity contribution in [1.29, 1.82) is 0 Å². The van der Waals surface area contributed by atoms with E-state index in [1.165, 1.54) is 0 Å². The first-order chi connectivity index (χ1) is 6.41. The summed E-state index contributed by atoms with van der Waals surface area (Å²) in [6, 6.07) is 0. The SMILES string of the molecule is CCNCCNS(=O)(=O)C(C)C(=O)O. The number of carboxylic acid groups (broad SMARTS) is 1. The number of hydrogen-bond donors (Lipinski definition) is 3. The molecule has 0 aromatic heterocycles. The van der Waals surface area contributed by atoms with Gasteiger partial charge in [-0.1, -0.05) is 6.92 Å². The van der Waals surface area contributed by atoms with Crippen LogP contribution in [0.15, 0.2) is 0 Å². The van der Waals surface area contributed by atoms with Crippen LogP contribution in [0, 0.1) is 0 Å². The number of aliphatic carboxylic acids is 1. The third kappa shape index (κ3) is 4.54. The Morgan fingerprint density at radius 3 is 2.43 bits per heavy atom. The summed E-state index contributed by atoms with van der Waals surface area (Å²) in [6.45, 7) is 4.47. The molecule has 0 fully saturated rings. The van der Waals surface area contributed by atoms with Crippen molar-refractivity contribution in [2.24, 2.45) is 0 Å². The van der Waals surface area contributed by atoms with Crippen LogP contribution in [0.5, 0.6) is 0 Å². The van der Waals surface area contributed by atoms with Crippen molar-refractivity contribution >= 4 is 16.0 Å². The Bertz CT molecular complexity index is 275. The molecule has 0 spiro atoms. The second-order valence-electron chi connectivity index (χ2n) is 2.77. The van der Waals surface area contributed by atoms with Gasteiger partial charge in [0.2, 0.25) is 10.0 Å². The van der Waals surface area contributed by atoms with Gasteiger partial charge in [-0.05, 0) is 13.5 Å². The standard InChI is InChI=1S/C7H16N2O4S/c1-3-8-4-5-9-14(12,13)6(2)7(10)11/h6,8-9H,3-5H2,1-2H3,(H,10,11).